The van der Waals surface area contributed by atoms with Gasteiger partial charge in [-0.3, -0.25) is 0 Å². The van der Waals surface area contributed by atoms with Gasteiger partial charge in [-0.2, -0.15) is 0 Å². The molecule has 1 fully saturated rings. The first-order chi connectivity index (χ1) is 17.0. The standard InChI is InChI=1S/C26H30N4O4S/c1-4-30-24(19-15-21(33-2)17-22(16-19)34-3)27-28-26(30)35-23(25(31)32)14-18-8-10-20(11-9-18)29-12-6-5-7-13-29/h8-11,14-17H,4-7,12-13H2,1-3H3,(H,31,32)/b23-14+. The lowest BCUT2D eigenvalue weighted by Gasteiger charge is -2.28. The number of carbonyl (C=O) groups is 1. The second-order valence-corrected chi connectivity index (χ2v) is 9.22. The van der Waals surface area contributed by atoms with Crippen molar-refractivity contribution in [3.63, 3.8) is 0 Å². The van der Waals surface area contributed by atoms with Gasteiger partial charge in [0.2, 0.25) is 0 Å². The van der Waals surface area contributed by atoms with Gasteiger partial charge in [-0.05, 0) is 73.9 Å². The van der Waals surface area contributed by atoms with Crippen LogP contribution in [0.25, 0.3) is 17.5 Å². The molecule has 3 aromatic rings. The lowest BCUT2D eigenvalue weighted by molar-refractivity contribution is -0.131. The second-order valence-electron chi connectivity index (χ2n) is 8.21. The number of thioether (sulfide) groups is 1. The Hall–Kier alpha value is -3.46. The maximum Gasteiger partial charge on any atom is 0.342 e. The second kappa shape index (κ2) is 11.3. The van der Waals surface area contributed by atoms with Gasteiger partial charge in [0.1, 0.15) is 16.4 Å². The van der Waals surface area contributed by atoms with Crippen LogP contribution >= 0.6 is 11.8 Å². The molecule has 35 heavy (non-hydrogen) atoms. The van der Waals surface area contributed by atoms with E-state index in [0.29, 0.717) is 29.0 Å². The zero-order valence-electron chi connectivity index (χ0n) is 20.2. The number of aromatic nitrogens is 3. The molecule has 0 radical (unpaired) electrons. The Labute approximate surface area is 209 Å². The van der Waals surface area contributed by atoms with E-state index < -0.39 is 5.97 Å². The molecule has 8 nitrogen and oxygen atoms in total. The van der Waals surface area contributed by atoms with E-state index >= 15 is 0 Å². The predicted octanol–water partition coefficient (Wildman–Crippen LogP) is 5.19. The van der Waals surface area contributed by atoms with Crippen LogP contribution in [0.4, 0.5) is 5.69 Å². The number of rotatable bonds is 9. The molecule has 184 valence electrons. The van der Waals surface area contributed by atoms with E-state index in [0.717, 1.165) is 36.0 Å². The van der Waals surface area contributed by atoms with Crippen molar-refractivity contribution < 1.29 is 19.4 Å². The number of hydrogen-bond donors (Lipinski definition) is 1. The Balaban J connectivity index is 1.60. The molecule has 0 amide bonds. The fraction of sp³-hybridized carbons (Fsp3) is 0.346. The topological polar surface area (TPSA) is 89.7 Å². The van der Waals surface area contributed by atoms with Gasteiger partial charge in [-0.15, -0.1) is 10.2 Å². The van der Waals surface area contributed by atoms with Gasteiger partial charge in [0.15, 0.2) is 11.0 Å². The molecule has 0 bridgehead atoms. The third-order valence-corrected chi connectivity index (χ3v) is 6.96. The van der Waals surface area contributed by atoms with E-state index in [1.54, 1.807) is 26.4 Å². The van der Waals surface area contributed by atoms with Crippen LogP contribution in [0.2, 0.25) is 0 Å². The zero-order chi connectivity index (χ0) is 24.8. The highest BCUT2D eigenvalue weighted by atomic mass is 32.2. The molecule has 9 heteroatoms. The van der Waals surface area contributed by atoms with E-state index in [2.05, 4.69) is 27.2 Å². The number of methoxy groups -OCH3 is 2. The quantitative estimate of drug-likeness (QED) is 0.321. The molecule has 1 aromatic heterocycles. The predicted molar refractivity (Wildman–Crippen MR) is 138 cm³/mol. The zero-order valence-corrected chi connectivity index (χ0v) is 21.0. The van der Waals surface area contributed by atoms with Gasteiger partial charge >= 0.3 is 5.97 Å². The third-order valence-electron chi connectivity index (χ3n) is 5.97. The first kappa shape index (κ1) is 24.7. The SMILES string of the molecule is CCn1c(S/C(=C/c2ccc(N3CCCCC3)cc2)C(=O)O)nnc1-c1cc(OC)cc(OC)c1. The largest absolute Gasteiger partial charge is 0.497 e. The molecule has 0 atom stereocenters. The Kier molecular flexibility index (Phi) is 7.97. The van der Waals surface area contributed by atoms with Crippen LogP contribution in [0.3, 0.4) is 0 Å². The van der Waals surface area contributed by atoms with Gasteiger partial charge in [0.25, 0.3) is 0 Å². The fourth-order valence-corrected chi connectivity index (χ4v) is 5.00. The first-order valence-electron chi connectivity index (χ1n) is 11.7. The Bertz CT molecular complexity index is 1180. The summed E-state index contributed by atoms with van der Waals surface area (Å²) in [5.41, 5.74) is 2.78. The minimum absolute atomic E-state index is 0.174. The van der Waals surface area contributed by atoms with Gasteiger partial charge in [-0.25, -0.2) is 4.79 Å². The minimum Gasteiger partial charge on any atom is -0.497 e. The lowest BCUT2D eigenvalue weighted by atomic mass is 10.1. The molecule has 1 aliphatic rings. The molecule has 0 saturated carbocycles. The number of benzene rings is 2. The van der Waals surface area contributed by atoms with Crippen LogP contribution < -0.4 is 14.4 Å². The summed E-state index contributed by atoms with van der Waals surface area (Å²) in [4.78, 5) is 14.6. The van der Waals surface area contributed by atoms with Gasteiger partial charge in [-0.1, -0.05) is 12.1 Å². The lowest BCUT2D eigenvalue weighted by Crippen LogP contribution is -2.29. The number of ether oxygens (including phenoxy) is 2. The number of nitrogens with zero attached hydrogens (tertiary/aromatic N) is 4. The molecule has 0 aliphatic carbocycles. The highest BCUT2D eigenvalue weighted by Gasteiger charge is 2.19. The molecule has 1 N–H and O–H groups in total. The number of carboxylic acids is 1. The molecule has 2 heterocycles. The molecule has 0 unspecified atom stereocenters. The van der Waals surface area contributed by atoms with Crippen molar-refractivity contribution in [1.82, 2.24) is 14.8 Å². The van der Waals surface area contributed by atoms with Crippen molar-refractivity contribution in [3.8, 4) is 22.9 Å². The number of aliphatic carboxylic acids is 1. The summed E-state index contributed by atoms with van der Waals surface area (Å²) in [7, 11) is 3.18. The van der Waals surface area contributed by atoms with Gasteiger partial charge in [0.05, 0.1) is 14.2 Å². The smallest absolute Gasteiger partial charge is 0.342 e. The summed E-state index contributed by atoms with van der Waals surface area (Å²) >= 11 is 1.09. The third kappa shape index (κ3) is 5.79. The maximum absolute atomic E-state index is 12.1. The average molecular weight is 495 g/mol. The number of piperidine rings is 1. The molecule has 1 aliphatic heterocycles. The molecular formula is C26H30N4O4S. The van der Waals surface area contributed by atoms with Crippen molar-refractivity contribution in [1.29, 1.82) is 0 Å². The molecule has 4 rings (SSSR count). The Morgan fingerprint density at radius 3 is 2.26 bits per heavy atom. The van der Waals surface area contributed by atoms with Crippen LogP contribution in [0.5, 0.6) is 11.5 Å². The van der Waals surface area contributed by atoms with Gasteiger partial charge < -0.3 is 24.0 Å². The average Bonchev–Trinajstić information content (AvgIpc) is 3.31. The highest BCUT2D eigenvalue weighted by molar-refractivity contribution is 8.04. The maximum atomic E-state index is 12.1. The van der Waals surface area contributed by atoms with Crippen molar-refractivity contribution in [3.05, 3.63) is 52.9 Å². The molecular weight excluding hydrogens is 464 g/mol. The van der Waals surface area contributed by atoms with E-state index in [9.17, 15) is 9.90 Å². The van der Waals surface area contributed by atoms with E-state index in [1.807, 2.05) is 35.8 Å². The van der Waals surface area contributed by atoms with Crippen LogP contribution in [0.1, 0.15) is 31.7 Å². The Morgan fingerprint density at radius 1 is 1.03 bits per heavy atom. The summed E-state index contributed by atoms with van der Waals surface area (Å²) in [5.74, 6) is 0.879. The van der Waals surface area contributed by atoms with Crippen LogP contribution in [-0.4, -0.2) is 53.1 Å². The number of anilines is 1. The van der Waals surface area contributed by atoms with E-state index in [4.69, 9.17) is 9.47 Å². The summed E-state index contributed by atoms with van der Waals surface area (Å²) < 4.78 is 12.6. The van der Waals surface area contributed by atoms with E-state index in [1.165, 1.54) is 24.9 Å². The summed E-state index contributed by atoms with van der Waals surface area (Å²) in [5, 5.41) is 19.0. The van der Waals surface area contributed by atoms with Crippen LogP contribution in [0, 0.1) is 0 Å². The van der Waals surface area contributed by atoms with Crippen molar-refractivity contribution >= 4 is 29.5 Å². The summed E-state index contributed by atoms with van der Waals surface area (Å²) in [6, 6.07) is 13.5. The van der Waals surface area contributed by atoms with Crippen molar-refractivity contribution in [2.75, 3.05) is 32.2 Å². The number of hydrogen-bond acceptors (Lipinski definition) is 7. The summed E-state index contributed by atoms with van der Waals surface area (Å²) in [6.45, 7) is 4.68. The monoisotopic (exact) mass is 494 g/mol. The first-order valence-corrected chi connectivity index (χ1v) is 12.5. The van der Waals surface area contributed by atoms with Gasteiger partial charge in [0, 0.05) is 37.0 Å². The highest BCUT2D eigenvalue weighted by Crippen LogP contribution is 2.33. The Morgan fingerprint density at radius 2 is 1.69 bits per heavy atom. The minimum atomic E-state index is -1.01. The van der Waals surface area contributed by atoms with Crippen molar-refractivity contribution in [2.24, 2.45) is 0 Å². The molecule has 0 spiro atoms. The molecule has 2 aromatic carbocycles. The van der Waals surface area contributed by atoms with Crippen LogP contribution in [0.15, 0.2) is 52.5 Å². The fourth-order valence-electron chi connectivity index (χ4n) is 4.12. The normalized spacial score (nSPS) is 14.1. The van der Waals surface area contributed by atoms with Crippen LogP contribution in [-0.2, 0) is 11.3 Å². The summed E-state index contributed by atoms with van der Waals surface area (Å²) in [6.07, 6.45) is 5.38. The van der Waals surface area contributed by atoms with Crippen molar-refractivity contribution in [2.45, 2.75) is 37.9 Å². The molecule has 1 saturated heterocycles. The van der Waals surface area contributed by atoms with E-state index in [-0.39, 0.29) is 4.91 Å². The number of carboxylic acid groups (broad SMARTS) is 1.